The van der Waals surface area contributed by atoms with Crippen molar-refractivity contribution in [1.29, 1.82) is 0 Å². The van der Waals surface area contributed by atoms with E-state index in [-0.39, 0.29) is 0 Å². The number of rotatable bonds is 4. The van der Waals surface area contributed by atoms with Crippen LogP contribution >= 0.6 is 11.6 Å². The maximum atomic E-state index is 12.5. The third-order valence-corrected chi connectivity index (χ3v) is 1.95. The maximum absolute atomic E-state index is 12.5. The molecule has 0 spiro atoms. The predicted molar refractivity (Wildman–Crippen MR) is 55.1 cm³/mol. The molecule has 1 aromatic rings. The molecule has 0 fully saturated rings. The van der Waals surface area contributed by atoms with Crippen molar-refractivity contribution in [3.05, 3.63) is 30.1 Å². The second-order valence-electron chi connectivity index (χ2n) is 3.17. The number of carbonyl (C=O) groups is 1. The summed E-state index contributed by atoms with van der Waals surface area (Å²) in [6.07, 6.45) is -1.13. The van der Waals surface area contributed by atoms with E-state index >= 15 is 0 Å². The number of hydrogen-bond donors (Lipinski definition) is 1. The third kappa shape index (κ3) is 5.02. The van der Waals surface area contributed by atoms with Gasteiger partial charge in [-0.2, -0.15) is 8.78 Å². The van der Waals surface area contributed by atoms with Crippen LogP contribution in [0.15, 0.2) is 24.3 Å². The molecule has 0 atom stereocenters. The highest BCUT2D eigenvalue weighted by atomic mass is 35.5. The zero-order valence-electron chi connectivity index (χ0n) is 8.14. The number of halogens is 4. The molecule has 1 rings (SSSR count). The maximum Gasteiger partial charge on any atom is 0.322 e. The van der Waals surface area contributed by atoms with Gasteiger partial charge in [0.05, 0.1) is 0 Å². The van der Waals surface area contributed by atoms with E-state index in [1.165, 1.54) is 12.1 Å². The smallest absolute Gasteiger partial charge is 0.322 e. The molecule has 0 aliphatic carbocycles. The molecule has 88 valence electrons. The summed E-state index contributed by atoms with van der Waals surface area (Å²) in [7, 11) is 0. The van der Waals surface area contributed by atoms with Gasteiger partial charge in [-0.3, -0.25) is 4.79 Å². The SMILES string of the molecule is O=C(CCC(F)(F)Cl)Nc1ccc(F)cc1. The first-order valence-corrected chi connectivity index (χ1v) is 4.87. The summed E-state index contributed by atoms with van der Waals surface area (Å²) >= 11 is 4.64. The van der Waals surface area contributed by atoms with Crippen molar-refractivity contribution in [3.63, 3.8) is 0 Å². The van der Waals surface area contributed by atoms with E-state index in [1.807, 2.05) is 0 Å². The van der Waals surface area contributed by atoms with Crippen LogP contribution in [0, 0.1) is 5.82 Å². The van der Waals surface area contributed by atoms with E-state index in [0.717, 1.165) is 12.1 Å². The molecule has 16 heavy (non-hydrogen) atoms. The summed E-state index contributed by atoms with van der Waals surface area (Å²) in [6, 6.07) is 5.00. The van der Waals surface area contributed by atoms with Crippen LogP contribution in [0.4, 0.5) is 18.9 Å². The molecule has 6 heteroatoms. The molecule has 0 aliphatic heterocycles. The lowest BCUT2D eigenvalue weighted by molar-refractivity contribution is -0.117. The fraction of sp³-hybridized carbons (Fsp3) is 0.300. The molecule has 1 N–H and O–H groups in total. The van der Waals surface area contributed by atoms with Crippen molar-refractivity contribution in [3.8, 4) is 0 Å². The highest BCUT2D eigenvalue weighted by molar-refractivity contribution is 6.21. The Hall–Kier alpha value is -1.23. The minimum Gasteiger partial charge on any atom is -0.326 e. The molecule has 2 nitrogen and oxygen atoms in total. The second kappa shape index (κ2) is 5.21. The molecule has 1 amide bonds. The predicted octanol–water partition coefficient (Wildman–Crippen LogP) is 3.38. The highest BCUT2D eigenvalue weighted by Crippen LogP contribution is 2.24. The molecule has 1 aromatic carbocycles. The Morgan fingerprint density at radius 1 is 1.31 bits per heavy atom. The van der Waals surface area contributed by atoms with Crippen LogP contribution in [0.25, 0.3) is 0 Å². The van der Waals surface area contributed by atoms with Crippen LogP contribution in [0.3, 0.4) is 0 Å². The molecule has 0 saturated carbocycles. The van der Waals surface area contributed by atoms with E-state index in [9.17, 15) is 18.0 Å². The number of anilines is 1. The first kappa shape index (κ1) is 12.8. The summed E-state index contributed by atoms with van der Waals surface area (Å²) in [5, 5.41) is -1.03. The van der Waals surface area contributed by atoms with Crippen molar-refractivity contribution in [2.45, 2.75) is 18.2 Å². The van der Waals surface area contributed by atoms with Gasteiger partial charge in [-0.15, -0.1) is 0 Å². The van der Waals surface area contributed by atoms with Crippen molar-refractivity contribution >= 4 is 23.2 Å². The standard InChI is InChI=1S/C10H9ClF3NO/c11-10(13,14)6-5-9(16)15-8-3-1-7(12)2-4-8/h1-4H,5-6H2,(H,15,16). The molecule has 0 aromatic heterocycles. The van der Waals surface area contributed by atoms with Gasteiger partial charge < -0.3 is 5.32 Å². The van der Waals surface area contributed by atoms with Crippen LogP contribution in [-0.2, 0) is 4.79 Å². The lowest BCUT2D eigenvalue weighted by atomic mass is 10.2. The van der Waals surface area contributed by atoms with Crippen molar-refractivity contribution < 1.29 is 18.0 Å². The fourth-order valence-electron chi connectivity index (χ4n) is 1.01. The van der Waals surface area contributed by atoms with Crippen molar-refractivity contribution in [2.24, 2.45) is 0 Å². The average molecular weight is 252 g/mol. The number of hydrogen-bond acceptors (Lipinski definition) is 1. The zero-order valence-corrected chi connectivity index (χ0v) is 8.90. The molecule has 0 aliphatic rings. The minimum atomic E-state index is -3.37. The minimum absolute atomic E-state index is 0.351. The van der Waals surface area contributed by atoms with Crippen LogP contribution < -0.4 is 5.32 Å². The quantitative estimate of drug-likeness (QED) is 0.817. The summed E-state index contributed by atoms with van der Waals surface area (Å²) in [4.78, 5) is 11.1. The molecule has 0 saturated heterocycles. The van der Waals surface area contributed by atoms with Gasteiger partial charge in [0.2, 0.25) is 5.91 Å². The topological polar surface area (TPSA) is 29.1 Å². The lowest BCUT2D eigenvalue weighted by Crippen LogP contribution is -2.15. The van der Waals surface area contributed by atoms with E-state index in [4.69, 9.17) is 0 Å². The normalized spacial score (nSPS) is 11.2. The number of nitrogens with one attached hydrogen (secondary N) is 1. The van der Waals surface area contributed by atoms with Crippen molar-refractivity contribution in [2.75, 3.05) is 5.32 Å². The lowest BCUT2D eigenvalue weighted by Gasteiger charge is -2.08. The van der Waals surface area contributed by atoms with Gasteiger partial charge in [0.15, 0.2) is 0 Å². The average Bonchev–Trinajstić information content (AvgIpc) is 2.18. The number of amides is 1. The highest BCUT2D eigenvalue weighted by Gasteiger charge is 2.25. The Kier molecular flexibility index (Phi) is 4.18. The molecule has 0 radical (unpaired) electrons. The molecular weight excluding hydrogens is 243 g/mol. The van der Waals surface area contributed by atoms with E-state index < -0.39 is 29.9 Å². The van der Waals surface area contributed by atoms with Crippen LogP contribution in [-0.4, -0.2) is 11.3 Å². The monoisotopic (exact) mass is 251 g/mol. The molecule has 0 bridgehead atoms. The Bertz CT molecular complexity index is 361. The Labute approximate surface area is 95.4 Å². The molecular formula is C10H9ClF3NO. The first-order valence-electron chi connectivity index (χ1n) is 4.49. The molecule has 0 heterocycles. The zero-order chi connectivity index (χ0) is 12.2. The van der Waals surface area contributed by atoms with Gasteiger partial charge in [-0.05, 0) is 35.9 Å². The number of benzene rings is 1. The second-order valence-corrected chi connectivity index (χ2v) is 3.72. The summed E-state index contributed by atoms with van der Waals surface area (Å²) < 4.78 is 36.9. The summed E-state index contributed by atoms with van der Waals surface area (Å²) in [5.41, 5.74) is 0.351. The van der Waals surface area contributed by atoms with Crippen LogP contribution in [0.5, 0.6) is 0 Å². The van der Waals surface area contributed by atoms with Crippen LogP contribution in [0.2, 0.25) is 0 Å². The van der Waals surface area contributed by atoms with Gasteiger partial charge >= 0.3 is 5.38 Å². The van der Waals surface area contributed by atoms with E-state index in [1.54, 1.807) is 0 Å². The van der Waals surface area contributed by atoms with Gasteiger partial charge in [0, 0.05) is 18.5 Å². The Balaban J connectivity index is 2.43. The van der Waals surface area contributed by atoms with Gasteiger partial charge in [-0.1, -0.05) is 0 Å². The van der Waals surface area contributed by atoms with E-state index in [0.29, 0.717) is 5.69 Å². The number of alkyl halides is 3. The van der Waals surface area contributed by atoms with Gasteiger partial charge in [-0.25, -0.2) is 4.39 Å². The van der Waals surface area contributed by atoms with E-state index in [2.05, 4.69) is 16.9 Å². The van der Waals surface area contributed by atoms with Gasteiger partial charge in [0.25, 0.3) is 0 Å². The van der Waals surface area contributed by atoms with Crippen molar-refractivity contribution in [1.82, 2.24) is 0 Å². The third-order valence-electron chi connectivity index (χ3n) is 1.76. The number of carbonyl (C=O) groups excluding carboxylic acids is 1. The Morgan fingerprint density at radius 3 is 2.38 bits per heavy atom. The molecule has 0 unspecified atom stereocenters. The first-order chi connectivity index (χ1) is 7.37. The summed E-state index contributed by atoms with van der Waals surface area (Å²) in [5.74, 6) is -1.03. The summed E-state index contributed by atoms with van der Waals surface area (Å²) in [6.45, 7) is 0. The van der Waals surface area contributed by atoms with Crippen LogP contribution in [0.1, 0.15) is 12.8 Å². The Morgan fingerprint density at radius 2 is 1.88 bits per heavy atom. The largest absolute Gasteiger partial charge is 0.326 e. The fourth-order valence-corrected chi connectivity index (χ4v) is 1.11. The van der Waals surface area contributed by atoms with Gasteiger partial charge in [0.1, 0.15) is 5.82 Å².